The molecule has 1 aromatic carbocycles. The molecule has 0 saturated carbocycles. The normalized spacial score (nSPS) is 15.3. The van der Waals surface area contributed by atoms with Crippen LogP contribution in [0.3, 0.4) is 0 Å². The Hall–Kier alpha value is -1.30. The minimum atomic E-state index is -1.27. The van der Waals surface area contributed by atoms with Crippen molar-refractivity contribution in [2.24, 2.45) is 0 Å². The Morgan fingerprint density at radius 2 is 1.45 bits per heavy atom. The lowest BCUT2D eigenvalue weighted by Crippen LogP contribution is -2.21. The summed E-state index contributed by atoms with van der Waals surface area (Å²) >= 11 is 0. The average Bonchev–Trinajstić information content (AvgIpc) is 2.76. The van der Waals surface area contributed by atoms with Gasteiger partial charge in [-0.1, -0.05) is 68.9 Å². The third-order valence-corrected chi connectivity index (χ3v) is 6.02. The van der Waals surface area contributed by atoms with Gasteiger partial charge in [-0.05, 0) is 30.7 Å². The molecule has 0 atom stereocenters. The van der Waals surface area contributed by atoms with E-state index in [2.05, 4.69) is 83.4 Å². The zero-order chi connectivity index (χ0) is 15.1. The van der Waals surface area contributed by atoms with Gasteiger partial charge in [0, 0.05) is 11.0 Å². The number of benzene rings is 1. The maximum Gasteiger partial charge on any atom is 0.0875 e. The third kappa shape index (κ3) is 2.90. The van der Waals surface area contributed by atoms with Crippen molar-refractivity contribution in [3.8, 4) is 0 Å². The predicted octanol–water partition coefficient (Wildman–Crippen LogP) is 5.48. The predicted molar refractivity (Wildman–Crippen MR) is 92.0 cm³/mol. The summed E-state index contributed by atoms with van der Waals surface area (Å²) in [6.07, 6.45) is 4.55. The molecule has 0 aliphatic heterocycles. The summed E-state index contributed by atoms with van der Waals surface area (Å²) in [4.78, 5) is 0. The van der Waals surface area contributed by atoms with Crippen LogP contribution in [0.1, 0.15) is 30.5 Å². The fraction of sp³-hybridized carbons (Fsp3) is 0.421. The first kappa shape index (κ1) is 15.1. The van der Waals surface area contributed by atoms with E-state index in [1.54, 1.807) is 0 Å². The molecule has 20 heavy (non-hydrogen) atoms. The molecule has 0 amide bonds. The Labute approximate surface area is 124 Å². The summed E-state index contributed by atoms with van der Waals surface area (Å²) in [6, 6.07) is 6.85. The van der Waals surface area contributed by atoms with Crippen LogP contribution in [-0.4, -0.2) is 8.07 Å². The van der Waals surface area contributed by atoms with Crippen LogP contribution in [0.2, 0.25) is 19.6 Å². The maximum atomic E-state index is 3.69. The van der Waals surface area contributed by atoms with E-state index < -0.39 is 8.07 Å². The number of allylic oxidation sites excluding steroid dienone is 3. The Bertz CT molecular complexity index is 610. The molecule has 1 aromatic rings. The van der Waals surface area contributed by atoms with Gasteiger partial charge in [-0.25, -0.2) is 0 Å². The van der Waals surface area contributed by atoms with Crippen molar-refractivity contribution in [3.05, 3.63) is 63.5 Å². The van der Waals surface area contributed by atoms with Crippen molar-refractivity contribution in [1.29, 1.82) is 0 Å². The molecule has 0 N–H and O–H groups in total. The van der Waals surface area contributed by atoms with Crippen molar-refractivity contribution < 1.29 is 0 Å². The van der Waals surface area contributed by atoms with Gasteiger partial charge in [0.15, 0.2) is 0 Å². The van der Waals surface area contributed by atoms with E-state index in [-0.39, 0.29) is 5.41 Å². The lowest BCUT2D eigenvalue weighted by molar-refractivity contribution is 0.640. The average molecular weight is 283 g/mol. The minimum Gasteiger partial charge on any atom is -0.117 e. The van der Waals surface area contributed by atoms with Crippen LogP contribution in [0.4, 0.5) is 0 Å². The summed E-state index contributed by atoms with van der Waals surface area (Å²) in [7, 11) is -1.27. The van der Waals surface area contributed by atoms with Crippen molar-refractivity contribution in [3.63, 3.8) is 0 Å². The fourth-order valence-corrected chi connectivity index (χ4v) is 3.78. The van der Waals surface area contributed by atoms with Crippen LogP contribution in [0.5, 0.6) is 0 Å². The first-order valence-electron chi connectivity index (χ1n) is 7.39. The Balaban J connectivity index is 2.52. The number of rotatable bonds is 3. The minimum absolute atomic E-state index is 0.0225. The molecular formula is C19H26Si. The molecule has 0 spiro atoms. The van der Waals surface area contributed by atoms with E-state index in [1.165, 1.54) is 27.5 Å². The molecule has 1 heteroatoms. The van der Waals surface area contributed by atoms with Gasteiger partial charge in [0.2, 0.25) is 0 Å². The van der Waals surface area contributed by atoms with Crippen molar-refractivity contribution >= 4 is 8.07 Å². The smallest absolute Gasteiger partial charge is 0.0875 e. The lowest BCUT2D eigenvalue weighted by atomic mass is 9.77. The van der Waals surface area contributed by atoms with E-state index in [9.17, 15) is 0 Å². The molecule has 106 valence electrons. The number of hydrogen-bond acceptors (Lipinski definition) is 0. The molecule has 0 radical (unpaired) electrons. The van der Waals surface area contributed by atoms with E-state index in [0.717, 1.165) is 0 Å². The second-order valence-corrected chi connectivity index (χ2v) is 12.6. The Morgan fingerprint density at radius 3 is 1.90 bits per heavy atom. The largest absolute Gasteiger partial charge is 0.117 e. The van der Waals surface area contributed by atoms with E-state index in [1.807, 2.05) is 0 Å². The van der Waals surface area contributed by atoms with Gasteiger partial charge in [-0.2, -0.15) is 0 Å². The second kappa shape index (κ2) is 4.91. The highest BCUT2D eigenvalue weighted by Crippen LogP contribution is 2.36. The van der Waals surface area contributed by atoms with Crippen molar-refractivity contribution in [1.82, 2.24) is 0 Å². The van der Waals surface area contributed by atoms with Gasteiger partial charge < -0.3 is 0 Å². The van der Waals surface area contributed by atoms with Crippen LogP contribution in [0, 0.1) is 13.8 Å². The van der Waals surface area contributed by atoms with E-state index >= 15 is 0 Å². The fourth-order valence-electron chi connectivity index (χ4n) is 2.69. The summed E-state index contributed by atoms with van der Waals surface area (Å²) in [6.45, 7) is 16.1. The van der Waals surface area contributed by atoms with E-state index in [0.29, 0.717) is 0 Å². The Morgan fingerprint density at radius 1 is 0.900 bits per heavy atom. The zero-order valence-electron chi connectivity index (χ0n) is 13.9. The van der Waals surface area contributed by atoms with Gasteiger partial charge in [0.1, 0.15) is 0 Å². The van der Waals surface area contributed by atoms with Gasteiger partial charge in [-0.15, -0.1) is 5.73 Å². The van der Waals surface area contributed by atoms with Crippen molar-refractivity contribution in [2.75, 3.05) is 0 Å². The molecule has 0 fully saturated rings. The Kier molecular flexibility index (Phi) is 3.71. The highest BCUT2D eigenvalue weighted by Gasteiger charge is 2.28. The molecule has 0 bridgehead atoms. The lowest BCUT2D eigenvalue weighted by Gasteiger charge is -2.26. The first-order chi connectivity index (χ1) is 9.10. The summed E-state index contributed by atoms with van der Waals surface area (Å²) < 4.78 is 0. The molecule has 0 unspecified atom stereocenters. The number of hydrogen-bond donors (Lipinski definition) is 0. The standard InChI is InChI=1S/C19H26Si/c1-14-10-15(2)12-17(11-14)19(3,4)16-8-9-18(13-16)20(5,6)7/h8-12H,1-7H3. The molecule has 1 aliphatic carbocycles. The monoisotopic (exact) mass is 282 g/mol. The van der Waals surface area contributed by atoms with Crippen LogP contribution < -0.4 is 0 Å². The van der Waals surface area contributed by atoms with Crippen LogP contribution in [-0.2, 0) is 5.41 Å². The second-order valence-electron chi connectivity index (χ2n) is 7.54. The third-order valence-electron chi connectivity index (χ3n) is 4.11. The quantitative estimate of drug-likeness (QED) is 0.508. The molecule has 0 aromatic heterocycles. The summed E-state index contributed by atoms with van der Waals surface area (Å²) in [5, 5.41) is 1.44. The van der Waals surface area contributed by atoms with Crippen molar-refractivity contribution in [2.45, 2.75) is 52.8 Å². The van der Waals surface area contributed by atoms with Gasteiger partial charge in [0.05, 0.1) is 8.07 Å². The summed E-state index contributed by atoms with van der Waals surface area (Å²) in [5.41, 5.74) is 9.10. The topological polar surface area (TPSA) is 0 Å². The molecule has 0 saturated heterocycles. The highest BCUT2D eigenvalue weighted by molar-refractivity contribution is 6.83. The first-order valence-corrected chi connectivity index (χ1v) is 10.9. The molecular weight excluding hydrogens is 256 g/mol. The molecule has 0 heterocycles. The van der Waals surface area contributed by atoms with Crippen LogP contribution in [0.15, 0.2) is 46.9 Å². The molecule has 0 nitrogen and oxygen atoms in total. The van der Waals surface area contributed by atoms with Gasteiger partial charge >= 0.3 is 0 Å². The van der Waals surface area contributed by atoms with Gasteiger partial charge in [0.25, 0.3) is 0 Å². The van der Waals surface area contributed by atoms with Gasteiger partial charge in [-0.3, -0.25) is 0 Å². The van der Waals surface area contributed by atoms with E-state index in [4.69, 9.17) is 0 Å². The van der Waals surface area contributed by atoms with Crippen LogP contribution in [0.25, 0.3) is 0 Å². The molecule has 1 aliphatic rings. The summed E-state index contributed by atoms with van der Waals surface area (Å²) in [5.74, 6) is 0. The highest BCUT2D eigenvalue weighted by atomic mass is 28.3. The SMILES string of the molecule is Cc1cc(C)cc(C(C)(C)C2=C=C([Si](C)(C)C)C=C2)c1. The van der Waals surface area contributed by atoms with Crippen LogP contribution >= 0.6 is 0 Å². The maximum absolute atomic E-state index is 3.69. The zero-order valence-corrected chi connectivity index (χ0v) is 14.9. The number of aryl methyl sites for hydroxylation is 2. The molecule has 2 rings (SSSR count).